The van der Waals surface area contributed by atoms with Gasteiger partial charge in [-0.05, 0) is 35.0 Å². The number of ether oxygens (including phenoxy) is 1. The zero-order valence-electron chi connectivity index (χ0n) is 18.1. The Hall–Kier alpha value is -3.91. The number of carbonyl (C=O) groups is 2. The third-order valence-corrected chi connectivity index (χ3v) is 7.16. The van der Waals surface area contributed by atoms with Gasteiger partial charge in [-0.25, -0.2) is 8.42 Å². The molecule has 0 saturated heterocycles. The van der Waals surface area contributed by atoms with Crippen LogP contribution in [-0.2, 0) is 30.6 Å². The summed E-state index contributed by atoms with van der Waals surface area (Å²) in [6.45, 7) is -0.505. The van der Waals surface area contributed by atoms with E-state index in [2.05, 4.69) is 0 Å². The largest absolute Gasteiger partial charge is 0.464 e. The molecular weight excluding hydrogens is 454 g/mol. The number of fused-ring (bicyclic) bond motifs is 3. The Balaban J connectivity index is 1.32. The van der Waals surface area contributed by atoms with Crippen molar-refractivity contribution >= 4 is 49.1 Å². The third-order valence-electron chi connectivity index (χ3n) is 5.78. The molecule has 0 radical (unpaired) electrons. The molecule has 0 fully saturated rings. The van der Waals surface area contributed by atoms with Gasteiger partial charge in [0.15, 0.2) is 16.4 Å². The quantitative estimate of drug-likeness (QED) is 0.391. The lowest BCUT2D eigenvalue weighted by Gasteiger charge is -2.27. The van der Waals surface area contributed by atoms with E-state index in [4.69, 9.17) is 9.15 Å². The van der Waals surface area contributed by atoms with E-state index >= 15 is 0 Å². The van der Waals surface area contributed by atoms with Crippen molar-refractivity contribution in [3.63, 3.8) is 0 Å². The zero-order chi connectivity index (χ0) is 23.7. The van der Waals surface area contributed by atoms with Crippen LogP contribution in [0.4, 0.5) is 5.69 Å². The average molecular weight is 476 g/mol. The Morgan fingerprint density at radius 1 is 1.00 bits per heavy atom. The molecule has 34 heavy (non-hydrogen) atoms. The Labute approximate surface area is 196 Å². The van der Waals surface area contributed by atoms with Crippen molar-refractivity contribution in [2.45, 2.75) is 12.5 Å². The molecule has 4 aromatic rings. The van der Waals surface area contributed by atoms with Crippen LogP contribution in [0, 0.1) is 0 Å². The maximum atomic E-state index is 13.0. The van der Waals surface area contributed by atoms with Crippen LogP contribution in [0.1, 0.15) is 5.56 Å². The first-order valence-electron chi connectivity index (χ1n) is 10.7. The molecule has 5 rings (SSSR count). The number of furan rings is 1. The summed E-state index contributed by atoms with van der Waals surface area (Å²) in [4.78, 5) is 27.0. The van der Waals surface area contributed by atoms with Crippen molar-refractivity contribution in [1.82, 2.24) is 0 Å². The highest BCUT2D eigenvalue weighted by molar-refractivity contribution is 7.94. The van der Waals surface area contributed by atoms with Crippen LogP contribution >= 0.6 is 0 Å². The first kappa shape index (κ1) is 21.9. The molecule has 3 aromatic carbocycles. The van der Waals surface area contributed by atoms with E-state index in [0.717, 1.165) is 21.6 Å². The number of esters is 1. The molecule has 1 amide bonds. The number of amides is 1. The van der Waals surface area contributed by atoms with Gasteiger partial charge in [0.2, 0.25) is 0 Å². The predicted octanol–water partition coefficient (Wildman–Crippen LogP) is 4.02. The number of nitrogens with zero attached hydrogens (tertiary/aromatic N) is 1. The van der Waals surface area contributed by atoms with E-state index in [1.165, 1.54) is 17.2 Å². The highest BCUT2D eigenvalue weighted by Gasteiger charge is 2.31. The summed E-state index contributed by atoms with van der Waals surface area (Å²) in [5.41, 5.74) is 1.87. The second-order valence-electron chi connectivity index (χ2n) is 8.08. The lowest BCUT2D eigenvalue weighted by Crippen LogP contribution is -2.43. The van der Waals surface area contributed by atoms with E-state index in [1.807, 2.05) is 36.4 Å². The maximum Gasteiger partial charge on any atom is 0.310 e. The zero-order valence-corrected chi connectivity index (χ0v) is 18.9. The number of anilines is 1. The summed E-state index contributed by atoms with van der Waals surface area (Å²) in [6.07, 6.45) is 2.95. The molecule has 7 nitrogen and oxygen atoms in total. The van der Waals surface area contributed by atoms with E-state index < -0.39 is 34.4 Å². The molecule has 1 unspecified atom stereocenters. The van der Waals surface area contributed by atoms with Crippen molar-refractivity contribution in [3.8, 4) is 0 Å². The van der Waals surface area contributed by atoms with Gasteiger partial charge in [0.05, 0.1) is 24.5 Å². The number of rotatable bonds is 6. The van der Waals surface area contributed by atoms with Gasteiger partial charge in [0.1, 0.15) is 5.58 Å². The summed E-state index contributed by atoms with van der Waals surface area (Å²) in [5.74, 6) is -1.30. The fraction of sp³-hybridized carbons (Fsp3) is 0.154. The molecule has 0 N–H and O–H groups in total. The van der Waals surface area contributed by atoms with E-state index in [9.17, 15) is 18.0 Å². The van der Waals surface area contributed by atoms with Crippen LogP contribution in [0.5, 0.6) is 0 Å². The minimum Gasteiger partial charge on any atom is -0.464 e. The summed E-state index contributed by atoms with van der Waals surface area (Å²) < 4.78 is 34.8. The number of sulfone groups is 1. The number of benzene rings is 3. The van der Waals surface area contributed by atoms with Gasteiger partial charge < -0.3 is 14.1 Å². The minimum absolute atomic E-state index is 0.0582. The van der Waals surface area contributed by atoms with Crippen molar-refractivity contribution in [2.24, 2.45) is 0 Å². The number of hydrogen-bond donors (Lipinski definition) is 0. The average Bonchev–Trinajstić information content (AvgIpc) is 3.41. The molecular formula is C26H21NO6S. The molecule has 0 spiro atoms. The SMILES string of the molecule is O=C(Cc1coc2ccc3ccccc3c12)OCC(=O)N(c1ccccc1)C1C=CS(=O)(=O)C1. The van der Waals surface area contributed by atoms with Crippen LogP contribution in [-0.4, -0.2) is 38.7 Å². The van der Waals surface area contributed by atoms with Gasteiger partial charge >= 0.3 is 5.97 Å². The summed E-state index contributed by atoms with van der Waals surface area (Å²) >= 11 is 0. The van der Waals surface area contributed by atoms with E-state index in [0.29, 0.717) is 16.8 Å². The fourth-order valence-electron chi connectivity index (χ4n) is 4.25. The second-order valence-corrected chi connectivity index (χ2v) is 10.0. The Morgan fingerprint density at radius 2 is 1.76 bits per heavy atom. The third kappa shape index (κ3) is 4.32. The van der Waals surface area contributed by atoms with Crippen LogP contribution in [0.2, 0.25) is 0 Å². The Morgan fingerprint density at radius 3 is 2.53 bits per heavy atom. The number of carbonyl (C=O) groups excluding carboxylic acids is 2. The number of para-hydroxylation sites is 1. The van der Waals surface area contributed by atoms with Crippen LogP contribution in [0.25, 0.3) is 21.7 Å². The van der Waals surface area contributed by atoms with Gasteiger partial charge in [0.25, 0.3) is 5.91 Å². The van der Waals surface area contributed by atoms with E-state index in [1.54, 1.807) is 30.3 Å². The van der Waals surface area contributed by atoms with Gasteiger partial charge in [-0.2, -0.15) is 0 Å². The van der Waals surface area contributed by atoms with E-state index in [-0.39, 0.29) is 12.2 Å². The first-order valence-corrected chi connectivity index (χ1v) is 12.4. The van der Waals surface area contributed by atoms with Crippen LogP contribution in [0.15, 0.2) is 88.9 Å². The van der Waals surface area contributed by atoms with Gasteiger partial charge in [0, 0.05) is 22.0 Å². The van der Waals surface area contributed by atoms with Gasteiger partial charge in [-0.1, -0.05) is 48.5 Å². The van der Waals surface area contributed by atoms with Gasteiger partial charge in [-0.15, -0.1) is 0 Å². The monoisotopic (exact) mass is 475 g/mol. The van der Waals surface area contributed by atoms with Crippen molar-refractivity contribution < 1.29 is 27.2 Å². The molecule has 0 saturated carbocycles. The predicted molar refractivity (Wildman–Crippen MR) is 129 cm³/mol. The minimum atomic E-state index is -3.38. The maximum absolute atomic E-state index is 13.0. The molecule has 8 heteroatoms. The van der Waals surface area contributed by atoms with Gasteiger partial charge in [-0.3, -0.25) is 9.59 Å². The first-order chi connectivity index (χ1) is 16.4. The van der Waals surface area contributed by atoms with Crippen molar-refractivity contribution in [1.29, 1.82) is 0 Å². The molecule has 0 bridgehead atoms. The highest BCUT2D eigenvalue weighted by atomic mass is 32.2. The Kier molecular flexibility index (Phi) is 5.67. The topological polar surface area (TPSA) is 93.9 Å². The standard InChI is InChI=1S/C26H21NO6S/c28-24(27(20-7-2-1-3-8-20)21-12-13-34(30,31)17-21)16-33-25(29)14-19-15-32-23-11-10-18-6-4-5-9-22(18)26(19)23/h1-13,15,21H,14,16-17H2. The molecule has 1 aliphatic heterocycles. The highest BCUT2D eigenvalue weighted by Crippen LogP contribution is 2.30. The summed E-state index contributed by atoms with van der Waals surface area (Å²) in [7, 11) is -3.38. The molecule has 1 aromatic heterocycles. The van der Waals surface area contributed by atoms with Crippen molar-refractivity contribution in [2.75, 3.05) is 17.3 Å². The number of hydrogen-bond acceptors (Lipinski definition) is 6. The second kappa shape index (κ2) is 8.79. The smallest absolute Gasteiger partial charge is 0.310 e. The molecule has 1 atom stereocenters. The lowest BCUT2D eigenvalue weighted by atomic mass is 10.0. The molecule has 1 aliphatic rings. The molecule has 0 aliphatic carbocycles. The molecule has 2 heterocycles. The van der Waals surface area contributed by atoms with Crippen molar-refractivity contribution in [3.05, 3.63) is 90.0 Å². The summed E-state index contributed by atoms with van der Waals surface area (Å²) in [6, 6.07) is 19.7. The fourth-order valence-corrected chi connectivity index (χ4v) is 5.52. The Bertz CT molecular complexity index is 1520. The lowest BCUT2D eigenvalue weighted by molar-refractivity contribution is -0.147. The van der Waals surface area contributed by atoms with Crippen LogP contribution in [0.3, 0.4) is 0 Å². The molecule has 172 valence electrons. The normalized spacial score (nSPS) is 16.6. The summed E-state index contributed by atoms with van der Waals surface area (Å²) in [5, 5.41) is 3.95. The van der Waals surface area contributed by atoms with Crippen LogP contribution < -0.4 is 4.90 Å².